The maximum atomic E-state index is 13.1. The quantitative estimate of drug-likeness (QED) is 0.657. The van der Waals surface area contributed by atoms with Crippen LogP contribution in [0.25, 0.3) is 12.2 Å². The van der Waals surface area contributed by atoms with Crippen molar-refractivity contribution in [3.63, 3.8) is 0 Å². The van der Waals surface area contributed by atoms with Crippen LogP contribution in [-0.4, -0.2) is 28.1 Å². The topological polar surface area (TPSA) is 26.3 Å². The Morgan fingerprint density at radius 1 is 0.963 bits per heavy atom. The van der Waals surface area contributed by atoms with Gasteiger partial charge in [0.25, 0.3) is 0 Å². The fourth-order valence-electron chi connectivity index (χ4n) is 5.26. The van der Waals surface area contributed by atoms with Gasteiger partial charge < -0.3 is 4.55 Å². The van der Waals surface area contributed by atoms with E-state index in [9.17, 15) is 17.7 Å². The third-order valence-corrected chi connectivity index (χ3v) is 7.36. The summed E-state index contributed by atoms with van der Waals surface area (Å²) in [6, 6.07) is 12.7. The van der Waals surface area contributed by atoms with Gasteiger partial charge in [0.1, 0.15) is 0 Å². The van der Waals surface area contributed by atoms with Crippen molar-refractivity contribution in [3.05, 3.63) is 64.7 Å². The first kappa shape index (κ1) is 17.3. The number of halogens is 3. The summed E-state index contributed by atoms with van der Waals surface area (Å²) in [5, 5.41) is 0. The minimum absolute atomic E-state index is 0.166. The van der Waals surface area contributed by atoms with E-state index in [-0.39, 0.29) is 4.90 Å². The molecule has 2 nitrogen and oxygen atoms in total. The van der Waals surface area contributed by atoms with Crippen LogP contribution in [0.3, 0.4) is 0 Å². The van der Waals surface area contributed by atoms with Gasteiger partial charge in [0.2, 0.25) is 0 Å². The molecule has 1 unspecified atom stereocenters. The van der Waals surface area contributed by atoms with Gasteiger partial charge in [0.15, 0.2) is 4.90 Å². The van der Waals surface area contributed by atoms with E-state index in [1.807, 2.05) is 24.3 Å². The first-order chi connectivity index (χ1) is 12.9. The van der Waals surface area contributed by atoms with E-state index >= 15 is 0 Å². The normalized spacial score (nSPS) is 29.5. The molecule has 0 amide bonds. The third kappa shape index (κ3) is 2.36. The molecule has 3 aliphatic rings. The van der Waals surface area contributed by atoms with Gasteiger partial charge >= 0.3 is 5.51 Å². The number of nitrogens with zero attached hydrogens (tertiary/aromatic N) is 1. The van der Waals surface area contributed by atoms with E-state index in [0.29, 0.717) is 5.92 Å². The molecule has 2 aliphatic heterocycles. The average molecular weight is 389 g/mol. The Labute approximate surface area is 158 Å². The predicted molar refractivity (Wildman–Crippen MR) is 99.4 cm³/mol. The maximum Gasteiger partial charge on any atom is 0.578 e. The van der Waals surface area contributed by atoms with Crippen molar-refractivity contribution in [2.24, 2.45) is 5.92 Å². The molecule has 0 radical (unpaired) electrons. The molecule has 2 fully saturated rings. The van der Waals surface area contributed by atoms with Crippen LogP contribution in [0.1, 0.15) is 35.1 Å². The molecule has 2 atom stereocenters. The maximum absolute atomic E-state index is 13.1. The zero-order chi connectivity index (χ0) is 18.8. The number of rotatable bonds is 1. The summed E-state index contributed by atoms with van der Waals surface area (Å²) >= 11 is -3.02. The lowest BCUT2D eigenvalue weighted by molar-refractivity contribution is -0.0435. The van der Waals surface area contributed by atoms with E-state index in [0.717, 1.165) is 48.2 Å². The van der Waals surface area contributed by atoms with Gasteiger partial charge in [-0.25, -0.2) is 0 Å². The van der Waals surface area contributed by atoms with Gasteiger partial charge in [-0.2, -0.15) is 0 Å². The Kier molecular flexibility index (Phi) is 3.77. The molecule has 140 valence electrons. The van der Waals surface area contributed by atoms with Crippen LogP contribution in [-0.2, 0) is 16.7 Å². The van der Waals surface area contributed by atoms with Gasteiger partial charge in [-0.15, -0.1) is 13.2 Å². The highest BCUT2D eigenvalue weighted by Crippen LogP contribution is 2.57. The first-order valence-corrected chi connectivity index (χ1v) is 10.2. The van der Waals surface area contributed by atoms with E-state index < -0.39 is 22.2 Å². The minimum Gasteiger partial charge on any atom is -0.604 e. The SMILES string of the molecule is [O-][S@+](c1ccc2c(c1)C1(c3ccccc3C=C2)C2CCN1CC2)C(F)(F)F. The second-order valence-corrected chi connectivity index (χ2v) is 8.88. The van der Waals surface area contributed by atoms with Crippen LogP contribution in [0.15, 0.2) is 47.4 Å². The molecule has 2 aromatic rings. The summed E-state index contributed by atoms with van der Waals surface area (Å²) < 4.78 is 51.3. The number of hydrogen-bond donors (Lipinski definition) is 0. The molecule has 6 heteroatoms. The summed E-state index contributed by atoms with van der Waals surface area (Å²) in [5.74, 6) is 0.354. The van der Waals surface area contributed by atoms with Crippen molar-refractivity contribution in [3.8, 4) is 0 Å². The lowest BCUT2D eigenvalue weighted by Gasteiger charge is -2.39. The van der Waals surface area contributed by atoms with Gasteiger partial charge in [-0.1, -0.05) is 36.4 Å². The van der Waals surface area contributed by atoms with Crippen molar-refractivity contribution >= 4 is 23.3 Å². The molecular weight excluding hydrogens is 371 g/mol. The van der Waals surface area contributed by atoms with Gasteiger partial charge in [0.05, 0.1) is 16.7 Å². The van der Waals surface area contributed by atoms with E-state index in [4.69, 9.17) is 0 Å². The standard InChI is InChI=1S/C21H18F3NOS/c22-21(23,24)27(26)17-8-7-15-6-5-14-3-1-2-4-18(14)20(19(15)13-17)16-9-11-25(20)12-10-16/h1-8,13,16H,9-12H2/t20?,27-/m1/s1. The highest BCUT2D eigenvalue weighted by molar-refractivity contribution is 7.92. The predicted octanol–water partition coefficient (Wildman–Crippen LogP) is 4.77. The zero-order valence-corrected chi connectivity index (χ0v) is 15.3. The fourth-order valence-corrected chi connectivity index (χ4v) is 5.95. The van der Waals surface area contributed by atoms with E-state index in [1.165, 1.54) is 6.07 Å². The van der Waals surface area contributed by atoms with Crippen molar-refractivity contribution in [1.82, 2.24) is 4.90 Å². The van der Waals surface area contributed by atoms with Crippen LogP contribution in [0, 0.1) is 5.92 Å². The molecule has 2 aromatic carbocycles. The first-order valence-electron chi connectivity index (χ1n) is 9.08. The Morgan fingerprint density at radius 2 is 1.63 bits per heavy atom. The van der Waals surface area contributed by atoms with Crippen LogP contribution in [0.4, 0.5) is 13.2 Å². The molecule has 1 spiro atoms. The summed E-state index contributed by atoms with van der Waals surface area (Å²) in [5.41, 5.74) is -1.16. The number of alkyl halides is 3. The minimum atomic E-state index is -4.76. The zero-order valence-electron chi connectivity index (χ0n) is 14.5. The Morgan fingerprint density at radius 3 is 2.26 bits per heavy atom. The molecule has 2 bridgehead atoms. The molecule has 27 heavy (non-hydrogen) atoms. The highest BCUT2D eigenvalue weighted by atomic mass is 32.2. The van der Waals surface area contributed by atoms with Crippen LogP contribution >= 0.6 is 0 Å². The molecule has 0 aromatic heterocycles. The van der Waals surface area contributed by atoms with E-state index in [1.54, 1.807) is 12.1 Å². The molecule has 2 heterocycles. The Bertz CT molecular complexity index is 919. The number of benzene rings is 2. The number of hydrogen-bond acceptors (Lipinski definition) is 2. The van der Waals surface area contributed by atoms with E-state index in [2.05, 4.69) is 17.0 Å². The molecule has 2 saturated heterocycles. The summed E-state index contributed by atoms with van der Waals surface area (Å²) in [4.78, 5) is 2.24. The molecule has 0 N–H and O–H groups in total. The Balaban J connectivity index is 1.78. The summed E-state index contributed by atoms with van der Waals surface area (Å²) in [6.07, 6.45) is 6.07. The van der Waals surface area contributed by atoms with Gasteiger partial charge in [0, 0.05) is 0 Å². The molecular formula is C21H18F3NOS. The van der Waals surface area contributed by atoms with Crippen LogP contribution in [0.5, 0.6) is 0 Å². The number of piperidine rings is 1. The van der Waals surface area contributed by atoms with Crippen LogP contribution < -0.4 is 0 Å². The molecule has 5 rings (SSSR count). The van der Waals surface area contributed by atoms with Crippen molar-refractivity contribution in [2.75, 3.05) is 13.1 Å². The Hall–Kier alpha value is -1.76. The molecule has 1 aliphatic carbocycles. The van der Waals surface area contributed by atoms with Crippen LogP contribution in [0.2, 0.25) is 0 Å². The van der Waals surface area contributed by atoms with Crippen molar-refractivity contribution < 1.29 is 17.7 Å². The fraction of sp³-hybridized carbons (Fsp3) is 0.333. The average Bonchev–Trinajstić information content (AvgIpc) is 3.15. The lowest BCUT2D eigenvalue weighted by atomic mass is 9.73. The lowest BCUT2D eigenvalue weighted by Crippen LogP contribution is -2.41. The summed E-state index contributed by atoms with van der Waals surface area (Å²) in [6.45, 7) is 1.87. The summed E-state index contributed by atoms with van der Waals surface area (Å²) in [7, 11) is 0. The van der Waals surface area contributed by atoms with Crippen molar-refractivity contribution in [1.29, 1.82) is 0 Å². The van der Waals surface area contributed by atoms with Crippen molar-refractivity contribution in [2.45, 2.75) is 28.8 Å². The highest BCUT2D eigenvalue weighted by Gasteiger charge is 2.57. The number of fused-ring (bicyclic) bond motifs is 2. The smallest absolute Gasteiger partial charge is 0.578 e. The monoisotopic (exact) mass is 389 g/mol. The van der Waals surface area contributed by atoms with Gasteiger partial charge in [-0.05, 0) is 72.3 Å². The molecule has 0 saturated carbocycles. The second kappa shape index (κ2) is 5.87. The third-order valence-electron chi connectivity index (χ3n) is 6.26. The van der Waals surface area contributed by atoms with Gasteiger partial charge in [-0.3, -0.25) is 4.90 Å². The largest absolute Gasteiger partial charge is 0.604 e. The second-order valence-electron chi connectivity index (χ2n) is 7.41.